The molecule has 0 aliphatic carbocycles. The van der Waals surface area contributed by atoms with Gasteiger partial charge in [-0.15, -0.1) is 0 Å². The van der Waals surface area contributed by atoms with E-state index in [2.05, 4.69) is 0 Å². The van der Waals surface area contributed by atoms with Crippen molar-refractivity contribution in [1.29, 1.82) is 5.26 Å². The van der Waals surface area contributed by atoms with Crippen molar-refractivity contribution >= 4 is 5.91 Å². The summed E-state index contributed by atoms with van der Waals surface area (Å²) in [5, 5.41) is 10.4. The summed E-state index contributed by atoms with van der Waals surface area (Å²) in [4.78, 5) is 11.0. The molecule has 1 aromatic carbocycles. The van der Waals surface area contributed by atoms with Crippen LogP contribution in [-0.4, -0.2) is 13.0 Å². The average Bonchev–Trinajstić information content (AvgIpc) is 2.25. The van der Waals surface area contributed by atoms with Gasteiger partial charge in [-0.3, -0.25) is 4.79 Å². The first-order chi connectivity index (χ1) is 7.02. The fourth-order valence-corrected chi connectivity index (χ4v) is 0.985. The number of hydrogen-bond donors (Lipinski definition) is 1. The number of nitriles is 1. The number of nitrogens with one attached hydrogen (secondary N) is 1. The molecule has 0 saturated heterocycles. The fourth-order valence-electron chi connectivity index (χ4n) is 0.985. The first kappa shape index (κ1) is 11.0. The zero-order valence-electron chi connectivity index (χ0n) is 7.57. The average molecular weight is 214 g/mol. The molecule has 0 aliphatic heterocycles. The van der Waals surface area contributed by atoms with E-state index in [0.29, 0.717) is 6.07 Å². The van der Waals surface area contributed by atoms with E-state index in [0.717, 1.165) is 0 Å². The van der Waals surface area contributed by atoms with Crippen LogP contribution < -0.4 is 5.32 Å². The molecule has 0 fully saturated rings. The summed E-state index contributed by atoms with van der Waals surface area (Å²) in [6.45, 7) is 0. The molecule has 3 nitrogen and oxygen atoms in total. The van der Waals surface area contributed by atoms with Crippen molar-refractivity contribution in [3.8, 4) is 6.07 Å². The molecule has 6 heteroatoms. The number of nitrogens with zero attached hydrogens (tertiary/aromatic N) is 1. The molecule has 0 atom stereocenters. The van der Waals surface area contributed by atoms with Crippen LogP contribution in [0.5, 0.6) is 0 Å². The summed E-state index contributed by atoms with van der Waals surface area (Å²) < 4.78 is 38.7. The van der Waals surface area contributed by atoms with Gasteiger partial charge in [-0.1, -0.05) is 0 Å². The second-order valence-corrected chi connectivity index (χ2v) is 2.60. The van der Waals surface area contributed by atoms with E-state index in [4.69, 9.17) is 5.26 Å². The van der Waals surface area contributed by atoms with Crippen LogP contribution in [0.1, 0.15) is 15.9 Å². The largest absolute Gasteiger partial charge is 0.355 e. The lowest BCUT2D eigenvalue weighted by atomic mass is 10.1. The maximum absolute atomic E-state index is 13.0. The number of carbonyl (C=O) groups excluding carboxylic acids is 1. The molecule has 0 heterocycles. The fraction of sp³-hybridized carbons (Fsp3) is 0.111. The van der Waals surface area contributed by atoms with Crippen LogP contribution in [0.25, 0.3) is 0 Å². The topological polar surface area (TPSA) is 52.9 Å². The van der Waals surface area contributed by atoms with Crippen molar-refractivity contribution in [2.75, 3.05) is 7.05 Å². The third-order valence-corrected chi connectivity index (χ3v) is 1.74. The number of halogens is 3. The number of hydrogen-bond acceptors (Lipinski definition) is 2. The molecule has 0 aliphatic rings. The zero-order valence-corrected chi connectivity index (χ0v) is 7.57. The van der Waals surface area contributed by atoms with Gasteiger partial charge < -0.3 is 5.32 Å². The second kappa shape index (κ2) is 4.00. The molecular weight excluding hydrogens is 209 g/mol. The van der Waals surface area contributed by atoms with Crippen LogP contribution in [-0.2, 0) is 0 Å². The minimum Gasteiger partial charge on any atom is -0.355 e. The zero-order chi connectivity index (χ0) is 11.6. The molecule has 1 N–H and O–H groups in total. The maximum atomic E-state index is 13.0. The Labute approximate surface area is 83.1 Å². The molecule has 0 saturated carbocycles. The summed E-state index contributed by atoms with van der Waals surface area (Å²) in [5.41, 5.74) is -1.42. The monoisotopic (exact) mass is 214 g/mol. The molecule has 0 unspecified atom stereocenters. The lowest BCUT2D eigenvalue weighted by Gasteiger charge is -2.04. The van der Waals surface area contributed by atoms with Crippen LogP contribution in [0.2, 0.25) is 0 Å². The number of benzene rings is 1. The Morgan fingerprint density at radius 3 is 2.40 bits per heavy atom. The van der Waals surface area contributed by atoms with Crippen molar-refractivity contribution in [3.05, 3.63) is 34.6 Å². The molecule has 15 heavy (non-hydrogen) atoms. The molecule has 0 aromatic heterocycles. The molecule has 0 bridgehead atoms. The van der Waals surface area contributed by atoms with Crippen LogP contribution in [0, 0.1) is 28.8 Å². The van der Waals surface area contributed by atoms with E-state index in [9.17, 15) is 18.0 Å². The minimum absolute atomic E-state index is 0.659. The third-order valence-electron chi connectivity index (χ3n) is 1.74. The van der Waals surface area contributed by atoms with E-state index in [1.165, 1.54) is 13.1 Å². The minimum atomic E-state index is -1.83. The summed E-state index contributed by atoms with van der Waals surface area (Å²) in [5.74, 6) is -5.95. The van der Waals surface area contributed by atoms with Gasteiger partial charge in [0.15, 0.2) is 17.5 Å². The first-order valence-electron chi connectivity index (χ1n) is 3.82. The SMILES string of the molecule is CNC(=O)c1cc(C#N)c(F)c(F)c1F. The maximum Gasteiger partial charge on any atom is 0.254 e. The van der Waals surface area contributed by atoms with Gasteiger partial charge in [-0.05, 0) is 6.07 Å². The van der Waals surface area contributed by atoms with E-state index in [1.807, 2.05) is 5.32 Å². The van der Waals surface area contributed by atoms with Crippen molar-refractivity contribution < 1.29 is 18.0 Å². The number of amides is 1. The molecule has 1 rings (SSSR count). The summed E-state index contributed by atoms with van der Waals surface area (Å²) in [6.07, 6.45) is 0. The molecule has 0 radical (unpaired) electrons. The highest BCUT2D eigenvalue weighted by molar-refractivity contribution is 5.94. The van der Waals surface area contributed by atoms with Crippen LogP contribution in [0.3, 0.4) is 0 Å². The highest BCUT2D eigenvalue weighted by Crippen LogP contribution is 2.19. The van der Waals surface area contributed by atoms with Gasteiger partial charge in [0.1, 0.15) is 6.07 Å². The molecule has 78 valence electrons. The second-order valence-electron chi connectivity index (χ2n) is 2.60. The van der Waals surface area contributed by atoms with Crippen molar-refractivity contribution in [3.63, 3.8) is 0 Å². The predicted molar refractivity (Wildman–Crippen MR) is 44.4 cm³/mol. The van der Waals surface area contributed by atoms with E-state index in [1.54, 1.807) is 0 Å². The summed E-state index contributed by atoms with van der Waals surface area (Å²) in [6, 6.07) is 1.98. The van der Waals surface area contributed by atoms with Gasteiger partial charge in [0, 0.05) is 7.05 Å². The Hall–Kier alpha value is -2.03. The smallest absolute Gasteiger partial charge is 0.254 e. The Morgan fingerprint density at radius 2 is 1.93 bits per heavy atom. The molecule has 1 aromatic rings. The van der Waals surface area contributed by atoms with E-state index >= 15 is 0 Å². The predicted octanol–water partition coefficient (Wildman–Crippen LogP) is 1.34. The molecule has 1 amide bonds. The molecular formula is C9H5F3N2O. The van der Waals surface area contributed by atoms with Gasteiger partial charge in [0.25, 0.3) is 5.91 Å². The van der Waals surface area contributed by atoms with Crippen LogP contribution in [0.4, 0.5) is 13.2 Å². The van der Waals surface area contributed by atoms with Crippen molar-refractivity contribution in [2.45, 2.75) is 0 Å². The van der Waals surface area contributed by atoms with Crippen LogP contribution >= 0.6 is 0 Å². The first-order valence-corrected chi connectivity index (χ1v) is 3.82. The summed E-state index contributed by atoms with van der Waals surface area (Å²) >= 11 is 0. The Kier molecular flexibility index (Phi) is 2.95. The third kappa shape index (κ3) is 1.76. The van der Waals surface area contributed by atoms with Gasteiger partial charge in [-0.2, -0.15) is 5.26 Å². The van der Waals surface area contributed by atoms with Crippen LogP contribution in [0.15, 0.2) is 6.07 Å². The van der Waals surface area contributed by atoms with Crippen molar-refractivity contribution in [2.24, 2.45) is 0 Å². The highest BCUT2D eigenvalue weighted by atomic mass is 19.2. The van der Waals surface area contributed by atoms with E-state index in [-0.39, 0.29) is 0 Å². The number of rotatable bonds is 1. The lowest BCUT2D eigenvalue weighted by molar-refractivity contribution is 0.0957. The Bertz CT molecular complexity index is 465. The van der Waals surface area contributed by atoms with E-state index < -0.39 is 34.5 Å². The lowest BCUT2D eigenvalue weighted by Crippen LogP contribution is -2.20. The Morgan fingerprint density at radius 1 is 1.33 bits per heavy atom. The quantitative estimate of drug-likeness (QED) is 0.717. The Balaban J connectivity index is 3.50. The highest BCUT2D eigenvalue weighted by Gasteiger charge is 2.21. The molecule has 0 spiro atoms. The van der Waals surface area contributed by atoms with Gasteiger partial charge >= 0.3 is 0 Å². The van der Waals surface area contributed by atoms with Gasteiger partial charge in [0.2, 0.25) is 0 Å². The normalized spacial score (nSPS) is 9.53. The number of carbonyl (C=O) groups is 1. The summed E-state index contributed by atoms with van der Waals surface area (Å²) in [7, 11) is 1.20. The standard InChI is InChI=1S/C9H5F3N2O/c1-14-9(15)5-2-4(3-13)6(10)8(12)7(5)11/h2H,1H3,(H,14,15). The van der Waals surface area contributed by atoms with Crippen molar-refractivity contribution in [1.82, 2.24) is 5.32 Å². The van der Waals surface area contributed by atoms with Gasteiger partial charge in [-0.25, -0.2) is 13.2 Å². The van der Waals surface area contributed by atoms with Gasteiger partial charge in [0.05, 0.1) is 11.1 Å².